The van der Waals surface area contributed by atoms with Gasteiger partial charge >= 0.3 is 0 Å². The van der Waals surface area contributed by atoms with Gasteiger partial charge in [0, 0.05) is 18.9 Å². The smallest absolute Gasteiger partial charge is 0.261 e. The molecule has 7 heteroatoms. The van der Waals surface area contributed by atoms with Crippen LogP contribution in [0, 0.1) is 0 Å². The van der Waals surface area contributed by atoms with Crippen molar-refractivity contribution in [2.24, 2.45) is 0 Å². The van der Waals surface area contributed by atoms with Crippen LogP contribution in [0.5, 0.6) is 0 Å². The maximum Gasteiger partial charge on any atom is 0.261 e. The van der Waals surface area contributed by atoms with Crippen molar-refractivity contribution in [1.82, 2.24) is 9.78 Å². The number of benzene rings is 2. The highest BCUT2D eigenvalue weighted by molar-refractivity contribution is 7.13. The summed E-state index contributed by atoms with van der Waals surface area (Å²) in [6.45, 7) is 0. The number of nitrogens with zero attached hydrogens (tertiary/aromatic N) is 3. The molecule has 0 aliphatic rings. The number of halogens is 2. The van der Waals surface area contributed by atoms with Gasteiger partial charge in [-0.05, 0) is 41.8 Å². The molecule has 0 radical (unpaired) electrons. The van der Waals surface area contributed by atoms with Crippen molar-refractivity contribution in [2.75, 3.05) is 11.9 Å². The fourth-order valence-electron chi connectivity index (χ4n) is 2.83. The quantitative estimate of drug-likeness (QED) is 0.389. The molecule has 140 valence electrons. The Morgan fingerprint density at radius 1 is 1.04 bits per heavy atom. The molecular weight excluding hydrogens is 413 g/mol. The van der Waals surface area contributed by atoms with Crippen molar-refractivity contribution in [2.45, 2.75) is 0 Å². The van der Waals surface area contributed by atoms with Gasteiger partial charge in [-0.3, -0.25) is 4.79 Å². The summed E-state index contributed by atoms with van der Waals surface area (Å²) in [7, 11) is 1.71. The third kappa shape index (κ3) is 3.56. The zero-order valence-corrected chi connectivity index (χ0v) is 17.2. The molecule has 0 aliphatic carbocycles. The van der Waals surface area contributed by atoms with Crippen LogP contribution in [0.3, 0.4) is 0 Å². The highest BCUT2D eigenvalue weighted by atomic mass is 35.5. The van der Waals surface area contributed by atoms with Crippen molar-refractivity contribution >= 4 is 46.1 Å². The predicted molar refractivity (Wildman–Crippen MR) is 116 cm³/mol. The Kier molecular flexibility index (Phi) is 5.22. The second-order valence-corrected chi connectivity index (χ2v) is 7.87. The standard InChI is InChI=1S/C21H15Cl2N3OS/c1-25(15-9-10-17(22)18(23)12-15)21(27)16-13-26(14-6-3-2-4-7-14)24-20(16)19-8-5-11-28-19/h2-13H,1H3. The largest absolute Gasteiger partial charge is 0.311 e. The summed E-state index contributed by atoms with van der Waals surface area (Å²) in [5, 5.41) is 7.50. The molecule has 4 rings (SSSR count). The molecule has 0 saturated carbocycles. The van der Waals surface area contributed by atoms with Gasteiger partial charge in [0.1, 0.15) is 5.69 Å². The monoisotopic (exact) mass is 427 g/mol. The van der Waals surface area contributed by atoms with E-state index in [1.54, 1.807) is 52.4 Å². The summed E-state index contributed by atoms with van der Waals surface area (Å²) >= 11 is 13.7. The molecule has 2 aromatic carbocycles. The molecule has 4 aromatic rings. The van der Waals surface area contributed by atoms with Gasteiger partial charge in [-0.2, -0.15) is 5.10 Å². The van der Waals surface area contributed by atoms with Crippen LogP contribution in [0.4, 0.5) is 5.69 Å². The van der Waals surface area contributed by atoms with E-state index in [9.17, 15) is 4.79 Å². The first-order chi connectivity index (χ1) is 13.5. The highest BCUT2D eigenvalue weighted by Crippen LogP contribution is 2.31. The van der Waals surface area contributed by atoms with E-state index in [1.807, 2.05) is 47.8 Å². The minimum atomic E-state index is -0.177. The molecule has 2 heterocycles. The first kappa shape index (κ1) is 18.7. The third-order valence-corrected chi connectivity index (χ3v) is 5.93. The number of thiophene rings is 1. The lowest BCUT2D eigenvalue weighted by molar-refractivity contribution is 0.0993. The van der Waals surface area contributed by atoms with Crippen molar-refractivity contribution in [3.05, 3.63) is 87.8 Å². The number of rotatable bonds is 4. The molecule has 0 N–H and O–H groups in total. The molecule has 0 saturated heterocycles. The van der Waals surface area contributed by atoms with E-state index < -0.39 is 0 Å². The Balaban J connectivity index is 1.78. The van der Waals surface area contributed by atoms with Gasteiger partial charge in [0.05, 0.1) is 26.2 Å². The second-order valence-electron chi connectivity index (χ2n) is 6.11. The van der Waals surface area contributed by atoms with Gasteiger partial charge in [0.15, 0.2) is 0 Å². The van der Waals surface area contributed by atoms with Crippen LogP contribution >= 0.6 is 34.5 Å². The van der Waals surface area contributed by atoms with E-state index in [0.29, 0.717) is 27.0 Å². The average molecular weight is 428 g/mol. The lowest BCUT2D eigenvalue weighted by atomic mass is 10.2. The Labute approximate surface area is 176 Å². The molecule has 0 aliphatic heterocycles. The van der Waals surface area contributed by atoms with Gasteiger partial charge in [-0.25, -0.2) is 4.68 Å². The number of carbonyl (C=O) groups is 1. The lowest BCUT2D eigenvalue weighted by Crippen LogP contribution is -2.26. The van der Waals surface area contributed by atoms with Crippen LogP contribution < -0.4 is 4.90 Å². The lowest BCUT2D eigenvalue weighted by Gasteiger charge is -2.17. The highest BCUT2D eigenvalue weighted by Gasteiger charge is 2.23. The number of amides is 1. The second kappa shape index (κ2) is 7.80. The molecule has 4 nitrogen and oxygen atoms in total. The topological polar surface area (TPSA) is 38.1 Å². The molecule has 0 bridgehead atoms. The molecule has 28 heavy (non-hydrogen) atoms. The minimum absolute atomic E-state index is 0.177. The maximum atomic E-state index is 13.3. The minimum Gasteiger partial charge on any atom is -0.311 e. The van der Waals surface area contributed by atoms with Crippen molar-refractivity contribution in [3.63, 3.8) is 0 Å². The van der Waals surface area contributed by atoms with Crippen molar-refractivity contribution in [3.8, 4) is 16.3 Å². The summed E-state index contributed by atoms with van der Waals surface area (Å²) in [6.07, 6.45) is 1.76. The van der Waals surface area contributed by atoms with E-state index in [1.165, 1.54) is 0 Å². The van der Waals surface area contributed by atoms with Gasteiger partial charge in [-0.1, -0.05) is 47.5 Å². The van der Waals surface area contributed by atoms with Crippen LogP contribution in [0.15, 0.2) is 72.2 Å². The van der Waals surface area contributed by atoms with Crippen LogP contribution in [0.2, 0.25) is 10.0 Å². The Bertz CT molecular complexity index is 1120. The van der Waals surface area contributed by atoms with Gasteiger partial charge < -0.3 is 4.90 Å². The Morgan fingerprint density at radius 3 is 2.50 bits per heavy atom. The van der Waals surface area contributed by atoms with Gasteiger partial charge in [0.2, 0.25) is 0 Å². The average Bonchev–Trinajstić information content (AvgIpc) is 3.39. The maximum absolute atomic E-state index is 13.3. The third-order valence-electron chi connectivity index (χ3n) is 4.32. The Morgan fingerprint density at radius 2 is 1.82 bits per heavy atom. The van der Waals surface area contributed by atoms with E-state index in [0.717, 1.165) is 10.6 Å². The number of hydrogen-bond donors (Lipinski definition) is 0. The molecule has 0 spiro atoms. The zero-order valence-electron chi connectivity index (χ0n) is 14.8. The number of carbonyl (C=O) groups excluding carboxylic acids is 1. The van der Waals surface area contributed by atoms with Crippen LogP contribution in [-0.4, -0.2) is 22.7 Å². The van der Waals surface area contributed by atoms with E-state index in [4.69, 9.17) is 23.2 Å². The SMILES string of the molecule is CN(C(=O)c1cn(-c2ccccc2)nc1-c1cccs1)c1ccc(Cl)c(Cl)c1. The number of aromatic nitrogens is 2. The molecule has 1 amide bonds. The van der Waals surface area contributed by atoms with Crippen LogP contribution in [-0.2, 0) is 0 Å². The summed E-state index contributed by atoms with van der Waals surface area (Å²) < 4.78 is 1.73. The summed E-state index contributed by atoms with van der Waals surface area (Å²) in [5.41, 5.74) is 2.70. The number of para-hydroxylation sites is 1. The normalized spacial score (nSPS) is 10.8. The predicted octanol–water partition coefficient (Wildman–Crippen LogP) is 6.18. The van der Waals surface area contributed by atoms with Crippen LogP contribution in [0.25, 0.3) is 16.3 Å². The molecule has 0 atom stereocenters. The van der Waals surface area contributed by atoms with E-state index in [-0.39, 0.29) is 5.91 Å². The molecular formula is C21H15Cl2N3OS. The summed E-state index contributed by atoms with van der Waals surface area (Å²) in [5.74, 6) is -0.177. The fraction of sp³-hybridized carbons (Fsp3) is 0.0476. The summed E-state index contributed by atoms with van der Waals surface area (Å²) in [4.78, 5) is 15.8. The van der Waals surface area contributed by atoms with Crippen molar-refractivity contribution in [1.29, 1.82) is 0 Å². The van der Waals surface area contributed by atoms with Crippen LogP contribution in [0.1, 0.15) is 10.4 Å². The summed E-state index contributed by atoms with van der Waals surface area (Å²) in [6, 6.07) is 18.7. The molecule has 0 fully saturated rings. The first-order valence-electron chi connectivity index (χ1n) is 8.46. The fourth-order valence-corrected chi connectivity index (χ4v) is 3.85. The molecule has 0 unspecified atom stereocenters. The number of hydrogen-bond acceptors (Lipinski definition) is 3. The first-order valence-corrected chi connectivity index (χ1v) is 10.1. The van der Waals surface area contributed by atoms with Crippen molar-refractivity contribution < 1.29 is 4.79 Å². The zero-order chi connectivity index (χ0) is 19.7. The Hall–Kier alpha value is -2.60. The molecule has 2 aromatic heterocycles. The van der Waals surface area contributed by atoms with Gasteiger partial charge in [-0.15, -0.1) is 11.3 Å². The van der Waals surface area contributed by atoms with Gasteiger partial charge in [0.25, 0.3) is 5.91 Å². The van der Waals surface area contributed by atoms with E-state index in [2.05, 4.69) is 5.10 Å². The number of anilines is 1. The van der Waals surface area contributed by atoms with E-state index >= 15 is 0 Å².